The molecule has 26 heavy (non-hydrogen) atoms. The van der Waals surface area contributed by atoms with Gasteiger partial charge in [-0.05, 0) is 24.3 Å². The second-order valence-electron chi connectivity index (χ2n) is 5.69. The predicted molar refractivity (Wildman–Crippen MR) is 88.4 cm³/mol. The molecule has 1 heterocycles. The van der Waals surface area contributed by atoms with Gasteiger partial charge >= 0.3 is 0 Å². The maximum absolute atomic E-state index is 13.9. The van der Waals surface area contributed by atoms with Gasteiger partial charge in [0.25, 0.3) is 0 Å². The van der Waals surface area contributed by atoms with Crippen LogP contribution in [0, 0.1) is 28.8 Å². The van der Waals surface area contributed by atoms with E-state index in [2.05, 4.69) is 6.07 Å². The highest BCUT2D eigenvalue weighted by Gasteiger charge is 2.32. The fourth-order valence-electron chi connectivity index (χ4n) is 2.86. The molecule has 1 aliphatic heterocycles. The van der Waals surface area contributed by atoms with Crippen LogP contribution in [0.2, 0.25) is 0 Å². The lowest BCUT2D eigenvalue weighted by Crippen LogP contribution is -2.49. The Morgan fingerprint density at radius 1 is 0.923 bits per heavy atom. The Hall–Kier alpha value is -2.57. The van der Waals surface area contributed by atoms with Gasteiger partial charge < -0.3 is 4.90 Å². The third kappa shape index (κ3) is 3.13. The fraction of sp³-hybridized carbons (Fsp3) is 0.235. The molecule has 5 nitrogen and oxygen atoms in total. The van der Waals surface area contributed by atoms with Crippen LogP contribution in [0.3, 0.4) is 0 Å². The van der Waals surface area contributed by atoms with Crippen LogP contribution in [0.1, 0.15) is 5.56 Å². The minimum atomic E-state index is -4.29. The summed E-state index contributed by atoms with van der Waals surface area (Å²) >= 11 is 0. The first-order valence-electron chi connectivity index (χ1n) is 7.74. The van der Waals surface area contributed by atoms with Gasteiger partial charge in [-0.2, -0.15) is 9.57 Å². The lowest BCUT2D eigenvalue weighted by molar-refractivity contribution is 0.377. The van der Waals surface area contributed by atoms with E-state index in [9.17, 15) is 21.6 Å². The average Bonchev–Trinajstić information content (AvgIpc) is 2.66. The number of nitriles is 1. The summed E-state index contributed by atoms with van der Waals surface area (Å²) < 4.78 is 66.5. The SMILES string of the molecule is N#Cc1ccccc1N1CCN(S(=O)(=O)c2ccc(F)c(F)c2F)CC1. The zero-order chi connectivity index (χ0) is 18.9. The molecule has 0 unspecified atom stereocenters. The van der Waals surface area contributed by atoms with E-state index in [1.165, 1.54) is 0 Å². The molecule has 0 aliphatic carbocycles. The van der Waals surface area contributed by atoms with Gasteiger partial charge in [0, 0.05) is 26.2 Å². The number of halogens is 3. The van der Waals surface area contributed by atoms with Gasteiger partial charge in [-0.3, -0.25) is 0 Å². The zero-order valence-electron chi connectivity index (χ0n) is 13.5. The van der Waals surface area contributed by atoms with Crippen molar-refractivity contribution in [2.24, 2.45) is 0 Å². The van der Waals surface area contributed by atoms with E-state index < -0.39 is 32.4 Å². The van der Waals surface area contributed by atoms with Crippen molar-refractivity contribution in [3.8, 4) is 6.07 Å². The Labute approximate surface area is 148 Å². The molecule has 3 rings (SSSR count). The molecule has 1 fully saturated rings. The maximum atomic E-state index is 13.9. The molecule has 0 atom stereocenters. The molecule has 1 aliphatic rings. The number of sulfonamides is 1. The van der Waals surface area contributed by atoms with Crippen LogP contribution in [0.4, 0.5) is 18.9 Å². The quantitative estimate of drug-likeness (QED) is 0.767. The van der Waals surface area contributed by atoms with Crippen LogP contribution in [-0.4, -0.2) is 38.9 Å². The monoisotopic (exact) mass is 381 g/mol. The summed E-state index contributed by atoms with van der Waals surface area (Å²) in [5.41, 5.74) is 1.15. The molecule has 136 valence electrons. The first-order chi connectivity index (χ1) is 12.4. The van der Waals surface area contributed by atoms with E-state index in [1.54, 1.807) is 24.3 Å². The first kappa shape index (κ1) is 18.2. The zero-order valence-corrected chi connectivity index (χ0v) is 14.3. The summed E-state index contributed by atoms with van der Waals surface area (Å²) in [7, 11) is -4.29. The topological polar surface area (TPSA) is 64.4 Å². The summed E-state index contributed by atoms with van der Waals surface area (Å²) in [6, 6.07) is 10.3. The molecule has 0 saturated carbocycles. The molecule has 0 aromatic heterocycles. The largest absolute Gasteiger partial charge is 0.368 e. The molecule has 0 N–H and O–H groups in total. The van der Waals surface area contributed by atoms with Crippen molar-refractivity contribution in [2.75, 3.05) is 31.1 Å². The first-order valence-corrected chi connectivity index (χ1v) is 9.18. The lowest BCUT2D eigenvalue weighted by atomic mass is 10.1. The van der Waals surface area contributed by atoms with Crippen LogP contribution in [-0.2, 0) is 10.0 Å². The van der Waals surface area contributed by atoms with Crippen molar-refractivity contribution >= 4 is 15.7 Å². The minimum absolute atomic E-state index is 0.0283. The highest BCUT2D eigenvalue weighted by atomic mass is 32.2. The van der Waals surface area contributed by atoms with E-state index in [0.29, 0.717) is 17.3 Å². The van der Waals surface area contributed by atoms with Gasteiger partial charge in [0.2, 0.25) is 10.0 Å². The Morgan fingerprint density at radius 2 is 1.58 bits per heavy atom. The number of anilines is 1. The second kappa shape index (κ2) is 6.97. The Bertz CT molecular complexity index is 981. The smallest absolute Gasteiger partial charge is 0.246 e. The van der Waals surface area contributed by atoms with Gasteiger partial charge in [0.15, 0.2) is 17.5 Å². The molecular formula is C17H14F3N3O2S. The minimum Gasteiger partial charge on any atom is -0.368 e. The van der Waals surface area contributed by atoms with Crippen LogP contribution in [0.25, 0.3) is 0 Å². The van der Waals surface area contributed by atoms with Crippen molar-refractivity contribution in [3.05, 3.63) is 59.4 Å². The molecule has 2 aromatic carbocycles. The third-order valence-corrected chi connectivity index (χ3v) is 6.14. The van der Waals surface area contributed by atoms with E-state index in [4.69, 9.17) is 5.26 Å². The average molecular weight is 381 g/mol. The van der Waals surface area contributed by atoms with Gasteiger partial charge in [-0.15, -0.1) is 0 Å². The molecule has 0 radical (unpaired) electrons. The summed E-state index contributed by atoms with van der Waals surface area (Å²) in [5.74, 6) is -4.98. The number of rotatable bonds is 3. The van der Waals surface area contributed by atoms with Crippen LogP contribution >= 0.6 is 0 Å². The number of hydrogen-bond donors (Lipinski definition) is 0. The summed E-state index contributed by atoms with van der Waals surface area (Å²) in [4.78, 5) is 0.967. The van der Waals surface area contributed by atoms with Crippen molar-refractivity contribution in [3.63, 3.8) is 0 Å². The van der Waals surface area contributed by atoms with E-state index >= 15 is 0 Å². The van der Waals surface area contributed by atoms with E-state index in [-0.39, 0.29) is 26.2 Å². The van der Waals surface area contributed by atoms with Gasteiger partial charge in [0.05, 0.1) is 11.3 Å². The highest BCUT2D eigenvalue weighted by Crippen LogP contribution is 2.26. The maximum Gasteiger partial charge on any atom is 0.246 e. The van der Waals surface area contributed by atoms with E-state index in [1.807, 2.05) is 4.90 Å². The predicted octanol–water partition coefficient (Wildman–Crippen LogP) is 2.49. The van der Waals surface area contributed by atoms with Crippen molar-refractivity contribution in [2.45, 2.75) is 4.90 Å². The Kier molecular flexibility index (Phi) is 4.89. The van der Waals surface area contributed by atoms with Crippen LogP contribution in [0.15, 0.2) is 41.3 Å². The van der Waals surface area contributed by atoms with Crippen molar-refractivity contribution in [1.29, 1.82) is 5.26 Å². The number of piperazine rings is 1. The summed E-state index contributed by atoms with van der Waals surface area (Å²) in [6.45, 7) is 0.619. The normalized spacial score (nSPS) is 15.7. The molecule has 0 spiro atoms. The molecule has 0 amide bonds. The lowest BCUT2D eigenvalue weighted by Gasteiger charge is -2.35. The van der Waals surface area contributed by atoms with Gasteiger partial charge in [0.1, 0.15) is 11.0 Å². The second-order valence-corrected chi connectivity index (χ2v) is 7.60. The molecule has 2 aromatic rings. The van der Waals surface area contributed by atoms with Crippen LogP contribution < -0.4 is 4.90 Å². The molecule has 1 saturated heterocycles. The summed E-state index contributed by atoms with van der Waals surface area (Å²) in [5, 5.41) is 9.17. The molecule has 0 bridgehead atoms. The number of para-hydroxylation sites is 1. The Morgan fingerprint density at radius 3 is 2.23 bits per heavy atom. The van der Waals surface area contributed by atoms with Crippen molar-refractivity contribution < 1.29 is 21.6 Å². The van der Waals surface area contributed by atoms with Crippen molar-refractivity contribution in [1.82, 2.24) is 4.31 Å². The Balaban J connectivity index is 1.82. The van der Waals surface area contributed by atoms with Gasteiger partial charge in [-0.25, -0.2) is 21.6 Å². The van der Waals surface area contributed by atoms with Gasteiger partial charge in [-0.1, -0.05) is 12.1 Å². The number of benzene rings is 2. The fourth-order valence-corrected chi connectivity index (χ4v) is 4.34. The van der Waals surface area contributed by atoms with Crippen LogP contribution in [0.5, 0.6) is 0 Å². The summed E-state index contributed by atoms with van der Waals surface area (Å²) in [6.07, 6.45) is 0. The third-order valence-electron chi connectivity index (χ3n) is 4.22. The highest BCUT2D eigenvalue weighted by molar-refractivity contribution is 7.89. The van der Waals surface area contributed by atoms with E-state index in [0.717, 1.165) is 10.4 Å². The molecule has 9 heteroatoms. The standard InChI is InChI=1S/C17H14F3N3O2S/c18-13-5-6-15(17(20)16(13)19)26(24,25)23-9-7-22(8-10-23)14-4-2-1-3-12(14)11-21/h1-6H,7-10H2. The molecular weight excluding hydrogens is 367 g/mol. The number of hydrogen-bond acceptors (Lipinski definition) is 4. The number of nitrogens with zero attached hydrogens (tertiary/aromatic N) is 3.